The molecule has 0 spiro atoms. The fourth-order valence-corrected chi connectivity index (χ4v) is 3.08. The molecule has 2 aromatic rings. The standard InChI is InChI=1S/C17H15ClF3NOS/c1-2-15(24-14-8-6-12(18)7-9-14)16(23)22-13-5-3-4-11(10-13)17(19,20)21/h3-10,15H,2H2,1H3,(H,22,23). The van der Waals surface area contributed by atoms with Gasteiger partial charge in [-0.25, -0.2) is 0 Å². The van der Waals surface area contributed by atoms with Crippen molar-refractivity contribution in [1.82, 2.24) is 0 Å². The van der Waals surface area contributed by atoms with Crippen molar-refractivity contribution >= 4 is 35.0 Å². The van der Waals surface area contributed by atoms with Crippen molar-refractivity contribution in [3.8, 4) is 0 Å². The number of hydrogen-bond donors (Lipinski definition) is 1. The van der Waals surface area contributed by atoms with E-state index in [-0.39, 0.29) is 11.6 Å². The average molecular weight is 374 g/mol. The molecular formula is C17H15ClF3NOS. The van der Waals surface area contributed by atoms with Crippen LogP contribution in [0.2, 0.25) is 5.02 Å². The second kappa shape index (κ2) is 7.94. The van der Waals surface area contributed by atoms with Gasteiger partial charge in [-0.2, -0.15) is 13.2 Å². The zero-order chi connectivity index (χ0) is 17.7. The van der Waals surface area contributed by atoms with E-state index in [1.807, 2.05) is 6.92 Å². The molecule has 1 unspecified atom stereocenters. The van der Waals surface area contributed by atoms with E-state index in [0.29, 0.717) is 11.4 Å². The van der Waals surface area contributed by atoms with Crippen LogP contribution in [0.5, 0.6) is 0 Å². The fraction of sp³-hybridized carbons (Fsp3) is 0.235. The van der Waals surface area contributed by atoms with Crippen LogP contribution in [-0.4, -0.2) is 11.2 Å². The molecule has 24 heavy (non-hydrogen) atoms. The number of carbonyl (C=O) groups excluding carboxylic acids is 1. The van der Waals surface area contributed by atoms with Crippen LogP contribution in [0, 0.1) is 0 Å². The molecule has 2 aromatic carbocycles. The molecule has 0 saturated heterocycles. The summed E-state index contributed by atoms with van der Waals surface area (Å²) in [6, 6.07) is 11.6. The van der Waals surface area contributed by atoms with Gasteiger partial charge >= 0.3 is 6.18 Å². The summed E-state index contributed by atoms with van der Waals surface area (Å²) >= 11 is 7.16. The zero-order valence-electron chi connectivity index (χ0n) is 12.7. The lowest BCUT2D eigenvalue weighted by Crippen LogP contribution is -2.24. The van der Waals surface area contributed by atoms with Crippen molar-refractivity contribution < 1.29 is 18.0 Å². The van der Waals surface area contributed by atoms with E-state index in [2.05, 4.69) is 5.32 Å². The predicted octanol–water partition coefficient (Wildman–Crippen LogP) is 5.87. The van der Waals surface area contributed by atoms with E-state index in [9.17, 15) is 18.0 Å². The third-order valence-corrected chi connectivity index (χ3v) is 4.84. The Kier molecular flexibility index (Phi) is 6.18. The van der Waals surface area contributed by atoms with Gasteiger partial charge in [0.15, 0.2) is 0 Å². The molecule has 0 aliphatic heterocycles. The lowest BCUT2D eigenvalue weighted by molar-refractivity contribution is -0.137. The van der Waals surface area contributed by atoms with Crippen LogP contribution in [-0.2, 0) is 11.0 Å². The molecule has 1 amide bonds. The first-order chi connectivity index (χ1) is 11.3. The summed E-state index contributed by atoms with van der Waals surface area (Å²) < 4.78 is 38.2. The van der Waals surface area contributed by atoms with Crippen molar-refractivity contribution in [1.29, 1.82) is 0 Å². The Balaban J connectivity index is 2.08. The Morgan fingerprint density at radius 3 is 2.46 bits per heavy atom. The molecular weight excluding hydrogens is 359 g/mol. The summed E-state index contributed by atoms with van der Waals surface area (Å²) in [5, 5.41) is 2.73. The number of hydrogen-bond acceptors (Lipinski definition) is 2. The quantitative estimate of drug-likeness (QED) is 0.664. The maximum absolute atomic E-state index is 12.7. The van der Waals surface area contributed by atoms with E-state index >= 15 is 0 Å². The Labute approximate surface area is 147 Å². The van der Waals surface area contributed by atoms with Gasteiger partial charge in [-0.1, -0.05) is 24.6 Å². The molecule has 0 aliphatic rings. The van der Waals surface area contributed by atoms with E-state index in [0.717, 1.165) is 17.0 Å². The van der Waals surface area contributed by atoms with Crippen molar-refractivity contribution in [3.05, 3.63) is 59.1 Å². The minimum atomic E-state index is -4.44. The topological polar surface area (TPSA) is 29.1 Å². The van der Waals surface area contributed by atoms with Gasteiger partial charge in [0.1, 0.15) is 0 Å². The summed E-state index contributed by atoms with van der Waals surface area (Å²) in [6.45, 7) is 1.85. The number of benzene rings is 2. The van der Waals surface area contributed by atoms with Gasteiger partial charge in [0.05, 0.1) is 10.8 Å². The molecule has 2 rings (SSSR count). The summed E-state index contributed by atoms with van der Waals surface area (Å²) in [5.41, 5.74) is -0.663. The Hall–Kier alpha value is -1.66. The van der Waals surface area contributed by atoms with Gasteiger partial charge in [-0.05, 0) is 48.9 Å². The number of thioether (sulfide) groups is 1. The third kappa shape index (κ3) is 5.18. The molecule has 7 heteroatoms. The van der Waals surface area contributed by atoms with Crippen LogP contribution in [0.15, 0.2) is 53.4 Å². The van der Waals surface area contributed by atoms with Gasteiger partial charge in [0, 0.05) is 15.6 Å². The number of nitrogens with one attached hydrogen (secondary N) is 1. The Bertz CT molecular complexity index is 704. The van der Waals surface area contributed by atoms with Crippen LogP contribution < -0.4 is 5.32 Å². The van der Waals surface area contributed by atoms with Gasteiger partial charge < -0.3 is 5.32 Å². The van der Waals surface area contributed by atoms with E-state index in [1.54, 1.807) is 24.3 Å². The third-order valence-electron chi connectivity index (χ3n) is 3.21. The number of amides is 1. The number of rotatable bonds is 5. The monoisotopic (exact) mass is 373 g/mol. The smallest absolute Gasteiger partial charge is 0.325 e. The molecule has 0 aromatic heterocycles. The second-order valence-electron chi connectivity index (χ2n) is 5.04. The summed E-state index contributed by atoms with van der Waals surface area (Å²) in [6.07, 6.45) is -3.90. The molecule has 1 N–H and O–H groups in total. The first-order valence-electron chi connectivity index (χ1n) is 7.20. The molecule has 0 fully saturated rings. The fourth-order valence-electron chi connectivity index (χ4n) is 2.00. The number of anilines is 1. The van der Waals surface area contributed by atoms with Crippen LogP contribution >= 0.6 is 23.4 Å². The zero-order valence-corrected chi connectivity index (χ0v) is 14.3. The molecule has 0 bridgehead atoms. The van der Waals surface area contributed by atoms with Crippen LogP contribution in [0.3, 0.4) is 0 Å². The summed E-state index contributed by atoms with van der Waals surface area (Å²) in [5.74, 6) is -0.336. The van der Waals surface area contributed by atoms with Gasteiger partial charge in [-0.15, -0.1) is 11.8 Å². The minimum Gasteiger partial charge on any atom is -0.325 e. The lowest BCUT2D eigenvalue weighted by Gasteiger charge is -2.15. The molecule has 0 saturated carbocycles. The SMILES string of the molecule is CCC(Sc1ccc(Cl)cc1)C(=O)Nc1cccc(C(F)(F)F)c1. The van der Waals surface area contributed by atoms with Crippen molar-refractivity contribution in [3.63, 3.8) is 0 Å². The van der Waals surface area contributed by atoms with Crippen molar-refractivity contribution in [2.45, 2.75) is 29.7 Å². The van der Waals surface area contributed by atoms with Crippen molar-refractivity contribution in [2.75, 3.05) is 5.32 Å². The number of alkyl halides is 3. The number of carbonyl (C=O) groups is 1. The molecule has 0 heterocycles. The minimum absolute atomic E-state index is 0.130. The first kappa shape index (κ1) is 18.7. The van der Waals surface area contributed by atoms with E-state index < -0.39 is 17.0 Å². The lowest BCUT2D eigenvalue weighted by atomic mass is 10.2. The van der Waals surface area contributed by atoms with Crippen LogP contribution in [0.4, 0.5) is 18.9 Å². The molecule has 0 radical (unpaired) electrons. The average Bonchev–Trinajstić information content (AvgIpc) is 2.53. The summed E-state index contributed by atoms with van der Waals surface area (Å²) in [4.78, 5) is 13.2. The molecule has 128 valence electrons. The maximum Gasteiger partial charge on any atom is 0.416 e. The molecule has 0 aliphatic carbocycles. The van der Waals surface area contributed by atoms with Gasteiger partial charge in [-0.3, -0.25) is 4.79 Å². The highest BCUT2D eigenvalue weighted by Gasteiger charge is 2.30. The maximum atomic E-state index is 12.7. The van der Waals surface area contributed by atoms with Gasteiger partial charge in [0.2, 0.25) is 5.91 Å². The van der Waals surface area contributed by atoms with Gasteiger partial charge in [0.25, 0.3) is 0 Å². The largest absolute Gasteiger partial charge is 0.416 e. The van der Waals surface area contributed by atoms with Crippen molar-refractivity contribution in [2.24, 2.45) is 0 Å². The highest BCUT2D eigenvalue weighted by molar-refractivity contribution is 8.00. The normalized spacial score (nSPS) is 12.7. The number of halogens is 4. The first-order valence-corrected chi connectivity index (χ1v) is 8.45. The second-order valence-corrected chi connectivity index (χ2v) is 6.75. The van der Waals surface area contributed by atoms with E-state index in [4.69, 9.17) is 11.6 Å². The Morgan fingerprint density at radius 2 is 1.88 bits per heavy atom. The highest BCUT2D eigenvalue weighted by Crippen LogP contribution is 2.31. The molecule has 2 nitrogen and oxygen atoms in total. The van der Waals surface area contributed by atoms with Crippen LogP contribution in [0.1, 0.15) is 18.9 Å². The molecule has 1 atom stereocenters. The van der Waals surface area contributed by atoms with Crippen LogP contribution in [0.25, 0.3) is 0 Å². The highest BCUT2D eigenvalue weighted by atomic mass is 35.5. The van der Waals surface area contributed by atoms with E-state index in [1.165, 1.54) is 23.9 Å². The summed E-state index contributed by atoms with van der Waals surface area (Å²) in [7, 11) is 0. The Morgan fingerprint density at radius 1 is 1.21 bits per heavy atom. The predicted molar refractivity (Wildman–Crippen MR) is 91.5 cm³/mol.